The van der Waals surface area contributed by atoms with Crippen molar-refractivity contribution in [2.75, 3.05) is 0 Å². The number of halogens is 2. The fourth-order valence-corrected chi connectivity index (χ4v) is 3.94. The quantitative estimate of drug-likeness (QED) is 0.400. The molecule has 1 aliphatic carbocycles. The molecule has 0 amide bonds. The molecule has 0 radical (unpaired) electrons. The van der Waals surface area contributed by atoms with Gasteiger partial charge >= 0.3 is 0 Å². The Bertz CT molecular complexity index is 972. The van der Waals surface area contributed by atoms with Crippen molar-refractivity contribution in [2.24, 2.45) is 5.41 Å². The van der Waals surface area contributed by atoms with Crippen LogP contribution in [0.25, 0.3) is 5.57 Å². The van der Waals surface area contributed by atoms with E-state index < -0.39 is 0 Å². The van der Waals surface area contributed by atoms with E-state index in [9.17, 15) is 0 Å². The first-order chi connectivity index (χ1) is 13.0. The predicted octanol–water partition coefficient (Wildman–Crippen LogP) is 7.77. The Labute approximate surface area is 170 Å². The molecule has 2 heteroatoms. The van der Waals surface area contributed by atoms with Gasteiger partial charge in [0.05, 0.1) is 0 Å². The molecule has 1 saturated carbocycles. The van der Waals surface area contributed by atoms with Gasteiger partial charge in [-0.25, -0.2) is 0 Å². The molecule has 1 aliphatic rings. The van der Waals surface area contributed by atoms with E-state index in [2.05, 4.69) is 49.9 Å². The van der Waals surface area contributed by atoms with Crippen LogP contribution in [0.1, 0.15) is 36.5 Å². The van der Waals surface area contributed by atoms with Crippen LogP contribution >= 0.6 is 23.2 Å². The van der Waals surface area contributed by atoms with Crippen molar-refractivity contribution >= 4 is 28.8 Å². The van der Waals surface area contributed by atoms with Gasteiger partial charge in [-0.15, -0.1) is 5.73 Å². The van der Waals surface area contributed by atoms with E-state index >= 15 is 0 Å². The minimum absolute atomic E-state index is 0.103. The molecule has 27 heavy (non-hydrogen) atoms. The molecule has 1 fully saturated rings. The monoisotopic (exact) mass is 390 g/mol. The summed E-state index contributed by atoms with van der Waals surface area (Å²) >= 11 is 12.2. The molecule has 1 atom stereocenters. The average molecular weight is 391 g/mol. The largest absolute Gasteiger partial charge is 0.111 e. The van der Waals surface area contributed by atoms with Gasteiger partial charge < -0.3 is 0 Å². The van der Waals surface area contributed by atoms with Gasteiger partial charge in [0.2, 0.25) is 0 Å². The molecule has 1 unspecified atom stereocenters. The van der Waals surface area contributed by atoms with Crippen LogP contribution in [0.3, 0.4) is 0 Å². The summed E-state index contributed by atoms with van der Waals surface area (Å²) in [4.78, 5) is 0. The SMILES string of the molecule is CC1(C)C(=C=C(c2ccc(Cl)cc2)c2ccc(Cl)cc2)C1c1ccccc1. The van der Waals surface area contributed by atoms with Crippen molar-refractivity contribution < 1.29 is 0 Å². The fraction of sp³-hybridized carbons (Fsp3) is 0.160. The summed E-state index contributed by atoms with van der Waals surface area (Å²) in [7, 11) is 0. The number of hydrogen-bond donors (Lipinski definition) is 0. The standard InChI is InChI=1S/C25H20Cl2/c1-25(2)23(24(25)19-6-4-3-5-7-19)16-22(17-8-12-20(26)13-9-17)18-10-14-21(27)15-11-18/h3-15,24H,1-2H3. The van der Waals surface area contributed by atoms with E-state index in [-0.39, 0.29) is 5.41 Å². The third kappa shape index (κ3) is 3.62. The fourth-order valence-electron chi connectivity index (χ4n) is 3.69. The van der Waals surface area contributed by atoms with Gasteiger partial charge in [0.1, 0.15) is 0 Å². The maximum Gasteiger partial charge on any atom is 0.0406 e. The molecule has 3 aromatic carbocycles. The maximum absolute atomic E-state index is 6.10. The Balaban J connectivity index is 1.89. The van der Waals surface area contributed by atoms with Crippen molar-refractivity contribution in [3.63, 3.8) is 0 Å². The summed E-state index contributed by atoms with van der Waals surface area (Å²) in [6.07, 6.45) is 0. The number of hydrogen-bond acceptors (Lipinski definition) is 0. The molecule has 0 saturated heterocycles. The number of benzene rings is 3. The average Bonchev–Trinajstić information content (AvgIpc) is 3.22. The van der Waals surface area contributed by atoms with Crippen LogP contribution in [0.4, 0.5) is 0 Å². The van der Waals surface area contributed by atoms with Gasteiger partial charge in [0.15, 0.2) is 0 Å². The van der Waals surface area contributed by atoms with Crippen LogP contribution in [0.15, 0.2) is 90.2 Å². The van der Waals surface area contributed by atoms with E-state index in [4.69, 9.17) is 23.2 Å². The van der Waals surface area contributed by atoms with Crippen LogP contribution in [0.5, 0.6) is 0 Å². The second kappa shape index (κ2) is 7.06. The first-order valence-electron chi connectivity index (χ1n) is 9.05. The van der Waals surface area contributed by atoms with Crippen molar-refractivity contribution in [1.82, 2.24) is 0 Å². The van der Waals surface area contributed by atoms with Crippen molar-refractivity contribution in [3.05, 3.63) is 117 Å². The first kappa shape index (κ1) is 18.1. The molecule has 4 rings (SSSR count). The van der Waals surface area contributed by atoms with Gasteiger partial charge in [-0.2, -0.15) is 0 Å². The first-order valence-corrected chi connectivity index (χ1v) is 9.80. The second-order valence-corrected chi connectivity index (χ2v) is 8.37. The molecular formula is C25H20Cl2. The molecule has 0 aliphatic heterocycles. The minimum atomic E-state index is 0.103. The highest BCUT2D eigenvalue weighted by Gasteiger charge is 2.53. The van der Waals surface area contributed by atoms with Crippen LogP contribution in [-0.2, 0) is 0 Å². The molecule has 0 heterocycles. The number of rotatable bonds is 3. The van der Waals surface area contributed by atoms with Crippen molar-refractivity contribution in [2.45, 2.75) is 19.8 Å². The summed E-state index contributed by atoms with van der Waals surface area (Å²) in [5.74, 6) is 0.397. The third-order valence-electron chi connectivity index (χ3n) is 5.28. The third-order valence-corrected chi connectivity index (χ3v) is 5.78. The summed E-state index contributed by atoms with van der Waals surface area (Å²) in [5.41, 5.74) is 9.80. The molecule has 0 N–H and O–H groups in total. The lowest BCUT2D eigenvalue weighted by Gasteiger charge is -2.06. The summed E-state index contributed by atoms with van der Waals surface area (Å²) in [6, 6.07) is 26.5. The predicted molar refractivity (Wildman–Crippen MR) is 115 cm³/mol. The smallest absolute Gasteiger partial charge is 0.0406 e. The topological polar surface area (TPSA) is 0 Å². The summed E-state index contributed by atoms with van der Waals surface area (Å²) in [5, 5.41) is 1.46. The van der Waals surface area contributed by atoms with Gasteiger partial charge in [-0.3, -0.25) is 0 Å². The zero-order valence-corrected chi connectivity index (χ0v) is 16.9. The Morgan fingerprint density at radius 2 is 1.22 bits per heavy atom. The zero-order chi connectivity index (χ0) is 19.0. The number of allylic oxidation sites excluding steroid dienone is 1. The normalized spacial score (nSPS) is 17.3. The van der Waals surface area contributed by atoms with E-state index in [1.807, 2.05) is 48.5 Å². The maximum atomic E-state index is 6.10. The Hall–Kier alpha value is -2.24. The van der Waals surface area contributed by atoms with E-state index in [1.54, 1.807) is 0 Å². The summed E-state index contributed by atoms with van der Waals surface area (Å²) < 4.78 is 0. The van der Waals surface area contributed by atoms with E-state index in [0.717, 1.165) is 26.7 Å². The van der Waals surface area contributed by atoms with Gasteiger partial charge in [-0.05, 0) is 46.5 Å². The highest BCUT2D eigenvalue weighted by molar-refractivity contribution is 6.31. The minimum Gasteiger partial charge on any atom is -0.111 e. The van der Waals surface area contributed by atoms with Gasteiger partial charge in [0.25, 0.3) is 0 Å². The lowest BCUT2D eigenvalue weighted by Crippen LogP contribution is -1.88. The molecule has 0 spiro atoms. The molecule has 0 nitrogen and oxygen atoms in total. The van der Waals surface area contributed by atoms with Gasteiger partial charge in [-0.1, -0.05) is 91.6 Å². The molecule has 0 aromatic heterocycles. The van der Waals surface area contributed by atoms with Crippen LogP contribution in [0.2, 0.25) is 10.0 Å². The molecule has 3 aromatic rings. The van der Waals surface area contributed by atoms with Crippen LogP contribution in [0, 0.1) is 5.41 Å². The Morgan fingerprint density at radius 1 is 0.741 bits per heavy atom. The van der Waals surface area contributed by atoms with E-state index in [0.29, 0.717) is 5.92 Å². The Morgan fingerprint density at radius 3 is 1.70 bits per heavy atom. The lowest BCUT2D eigenvalue weighted by molar-refractivity contribution is 0.642. The molecular weight excluding hydrogens is 371 g/mol. The molecule has 0 bridgehead atoms. The van der Waals surface area contributed by atoms with Crippen molar-refractivity contribution in [1.29, 1.82) is 0 Å². The lowest BCUT2D eigenvalue weighted by atomic mass is 9.98. The van der Waals surface area contributed by atoms with E-state index in [1.165, 1.54) is 11.1 Å². The van der Waals surface area contributed by atoms with Crippen LogP contribution in [-0.4, -0.2) is 0 Å². The van der Waals surface area contributed by atoms with Crippen LogP contribution < -0.4 is 0 Å². The Kier molecular flexibility index (Phi) is 4.74. The second-order valence-electron chi connectivity index (χ2n) is 7.49. The van der Waals surface area contributed by atoms with Gasteiger partial charge in [0, 0.05) is 27.0 Å². The summed E-state index contributed by atoms with van der Waals surface area (Å²) in [6.45, 7) is 4.57. The highest BCUT2D eigenvalue weighted by Crippen LogP contribution is 2.63. The van der Waals surface area contributed by atoms with Crippen molar-refractivity contribution in [3.8, 4) is 0 Å². The highest BCUT2D eigenvalue weighted by atomic mass is 35.5. The molecule has 134 valence electrons. The zero-order valence-electron chi connectivity index (χ0n) is 15.3.